The lowest BCUT2D eigenvalue weighted by Crippen LogP contribution is -2.57. The first-order valence-electron chi connectivity index (χ1n) is 10.6. The Hall–Kier alpha value is -2.64. The smallest absolute Gasteiger partial charge is 0.180 e. The minimum absolute atomic E-state index is 0.0278. The molecule has 5 rings (SSSR count). The Morgan fingerprint density at radius 1 is 1.13 bits per heavy atom. The summed E-state index contributed by atoms with van der Waals surface area (Å²) in [4.78, 5) is 4.77. The molecule has 1 N–H and O–H groups in total. The van der Waals surface area contributed by atoms with Gasteiger partial charge in [-0.2, -0.15) is 0 Å². The summed E-state index contributed by atoms with van der Waals surface area (Å²) in [6.45, 7) is 4.41. The van der Waals surface area contributed by atoms with Crippen LogP contribution in [0.2, 0.25) is 0 Å². The molecule has 2 saturated heterocycles. The number of fused-ring (bicyclic) bond motifs is 2. The van der Waals surface area contributed by atoms with Crippen molar-refractivity contribution in [1.82, 2.24) is 10.1 Å². The van der Waals surface area contributed by atoms with Gasteiger partial charge in [0, 0.05) is 38.1 Å². The third-order valence-electron chi connectivity index (χ3n) is 6.28. The van der Waals surface area contributed by atoms with Gasteiger partial charge in [-0.05, 0) is 48.7 Å². The average Bonchev–Trinajstić information content (AvgIpc) is 3.20. The SMILES string of the molecule is OCc1cccc(OC[C@@H]2CC[C@H]3CN(c4noc5ccc(F)cc45)CCN3C2)c1. The first kappa shape index (κ1) is 19.3. The van der Waals surface area contributed by atoms with Gasteiger partial charge in [0.15, 0.2) is 11.4 Å². The van der Waals surface area contributed by atoms with E-state index in [0.29, 0.717) is 24.1 Å². The van der Waals surface area contributed by atoms with Gasteiger partial charge in [0.1, 0.15) is 11.6 Å². The van der Waals surface area contributed by atoms with Gasteiger partial charge in [-0.25, -0.2) is 4.39 Å². The van der Waals surface area contributed by atoms with E-state index in [4.69, 9.17) is 9.26 Å². The van der Waals surface area contributed by atoms with E-state index < -0.39 is 0 Å². The van der Waals surface area contributed by atoms with E-state index in [1.165, 1.54) is 12.1 Å². The Labute approximate surface area is 174 Å². The van der Waals surface area contributed by atoms with Crippen molar-refractivity contribution in [3.8, 4) is 5.75 Å². The molecule has 3 heterocycles. The van der Waals surface area contributed by atoms with Crippen LogP contribution in [0, 0.1) is 11.7 Å². The maximum absolute atomic E-state index is 13.7. The second kappa shape index (κ2) is 8.24. The molecule has 1 aromatic heterocycles. The topological polar surface area (TPSA) is 62.0 Å². The summed E-state index contributed by atoms with van der Waals surface area (Å²) < 4.78 is 25.1. The number of anilines is 1. The molecular formula is C23H26FN3O3. The molecule has 0 bridgehead atoms. The highest BCUT2D eigenvalue weighted by molar-refractivity contribution is 5.88. The molecule has 6 nitrogen and oxygen atoms in total. The van der Waals surface area contributed by atoms with Gasteiger partial charge in [0.25, 0.3) is 0 Å². The first-order valence-corrected chi connectivity index (χ1v) is 10.6. The highest BCUT2D eigenvalue weighted by atomic mass is 19.1. The van der Waals surface area contributed by atoms with Crippen molar-refractivity contribution in [1.29, 1.82) is 0 Å². The van der Waals surface area contributed by atoms with Gasteiger partial charge in [-0.3, -0.25) is 4.90 Å². The second-order valence-corrected chi connectivity index (χ2v) is 8.30. The van der Waals surface area contributed by atoms with Crippen molar-refractivity contribution in [2.75, 3.05) is 37.7 Å². The lowest BCUT2D eigenvalue weighted by atomic mass is 9.91. The van der Waals surface area contributed by atoms with Gasteiger partial charge in [0.05, 0.1) is 18.6 Å². The quantitative estimate of drug-likeness (QED) is 0.694. The van der Waals surface area contributed by atoms with Crippen LogP contribution in [-0.2, 0) is 6.61 Å². The van der Waals surface area contributed by atoms with Gasteiger partial charge in [-0.1, -0.05) is 17.3 Å². The summed E-state index contributed by atoms with van der Waals surface area (Å²) in [5.41, 5.74) is 1.49. The molecule has 0 radical (unpaired) electrons. The zero-order valence-electron chi connectivity index (χ0n) is 16.8. The molecule has 2 atom stereocenters. The zero-order valence-corrected chi connectivity index (χ0v) is 16.8. The second-order valence-electron chi connectivity index (χ2n) is 8.30. The van der Waals surface area contributed by atoms with E-state index in [1.54, 1.807) is 6.07 Å². The number of ether oxygens (including phenoxy) is 1. The van der Waals surface area contributed by atoms with E-state index in [1.807, 2.05) is 24.3 Å². The highest BCUT2D eigenvalue weighted by Gasteiger charge is 2.34. The first-order chi connectivity index (χ1) is 14.7. The monoisotopic (exact) mass is 411 g/mol. The third-order valence-corrected chi connectivity index (χ3v) is 6.28. The fourth-order valence-corrected chi connectivity index (χ4v) is 4.66. The molecular weight excluding hydrogens is 385 g/mol. The van der Waals surface area contributed by atoms with Crippen molar-refractivity contribution in [2.45, 2.75) is 25.5 Å². The Morgan fingerprint density at radius 2 is 2.07 bits per heavy atom. The molecule has 3 aromatic rings. The summed E-state index contributed by atoms with van der Waals surface area (Å²) in [7, 11) is 0. The molecule has 0 saturated carbocycles. The number of rotatable bonds is 5. The van der Waals surface area contributed by atoms with Crippen LogP contribution >= 0.6 is 0 Å². The standard InChI is InChI=1S/C23H26FN3O3/c24-18-5-7-22-21(11-18)23(25-30-22)27-9-8-26-12-17(4-6-19(26)13-27)15-29-20-3-1-2-16(10-20)14-28/h1-3,5,7,10-11,17,19,28H,4,6,8-9,12-15H2/t17-,19+/m1/s1. The van der Waals surface area contributed by atoms with E-state index in [2.05, 4.69) is 15.0 Å². The number of piperazine rings is 1. The van der Waals surface area contributed by atoms with Crippen LogP contribution in [0.5, 0.6) is 5.75 Å². The Kier molecular flexibility index (Phi) is 5.31. The van der Waals surface area contributed by atoms with Crippen LogP contribution in [0.1, 0.15) is 18.4 Å². The van der Waals surface area contributed by atoms with Crippen LogP contribution in [0.3, 0.4) is 0 Å². The summed E-state index contributed by atoms with van der Waals surface area (Å²) >= 11 is 0. The van der Waals surface area contributed by atoms with Crippen LogP contribution in [-0.4, -0.2) is 54.0 Å². The zero-order chi connectivity index (χ0) is 20.5. The normalized spacial score (nSPS) is 22.3. The van der Waals surface area contributed by atoms with Gasteiger partial charge < -0.3 is 19.3 Å². The van der Waals surface area contributed by atoms with Crippen molar-refractivity contribution in [3.63, 3.8) is 0 Å². The minimum Gasteiger partial charge on any atom is -0.493 e. The Bertz CT molecular complexity index is 1020. The molecule has 2 aromatic carbocycles. The highest BCUT2D eigenvalue weighted by Crippen LogP contribution is 2.32. The number of piperidine rings is 1. The molecule has 0 spiro atoms. The van der Waals surface area contributed by atoms with Crippen molar-refractivity contribution in [3.05, 3.63) is 53.8 Å². The number of halogens is 1. The number of aliphatic hydroxyl groups is 1. The lowest BCUT2D eigenvalue weighted by Gasteiger charge is -2.46. The number of hydrogen-bond donors (Lipinski definition) is 1. The molecule has 0 aliphatic carbocycles. The number of hydrogen-bond acceptors (Lipinski definition) is 6. The lowest BCUT2D eigenvalue weighted by molar-refractivity contribution is 0.0726. The Morgan fingerprint density at radius 3 is 2.97 bits per heavy atom. The van der Waals surface area contributed by atoms with Gasteiger partial charge in [-0.15, -0.1) is 0 Å². The van der Waals surface area contributed by atoms with Crippen LogP contribution in [0.25, 0.3) is 11.0 Å². The van der Waals surface area contributed by atoms with E-state index in [9.17, 15) is 9.50 Å². The van der Waals surface area contributed by atoms with Gasteiger partial charge in [0.2, 0.25) is 0 Å². The molecule has 2 fully saturated rings. The number of nitrogens with zero attached hydrogens (tertiary/aromatic N) is 3. The van der Waals surface area contributed by atoms with Gasteiger partial charge >= 0.3 is 0 Å². The van der Waals surface area contributed by atoms with E-state index in [-0.39, 0.29) is 12.4 Å². The predicted octanol–water partition coefficient (Wildman–Crippen LogP) is 3.44. The molecule has 2 aliphatic rings. The summed E-state index contributed by atoms with van der Waals surface area (Å²) in [6.07, 6.45) is 2.22. The molecule has 158 valence electrons. The predicted molar refractivity (Wildman–Crippen MR) is 112 cm³/mol. The summed E-state index contributed by atoms with van der Waals surface area (Å²) in [5, 5.41) is 14.2. The average molecular weight is 411 g/mol. The number of aromatic nitrogens is 1. The Balaban J connectivity index is 1.19. The number of aliphatic hydroxyl groups excluding tert-OH is 1. The summed E-state index contributed by atoms with van der Waals surface area (Å²) in [6, 6.07) is 12.7. The van der Waals surface area contributed by atoms with Crippen molar-refractivity contribution in [2.24, 2.45) is 5.92 Å². The number of benzene rings is 2. The van der Waals surface area contributed by atoms with Crippen LogP contribution < -0.4 is 9.64 Å². The third kappa shape index (κ3) is 3.87. The van der Waals surface area contributed by atoms with Crippen molar-refractivity contribution < 1.29 is 18.8 Å². The fraction of sp³-hybridized carbons (Fsp3) is 0.435. The summed E-state index contributed by atoms with van der Waals surface area (Å²) in [5.74, 6) is 1.79. The van der Waals surface area contributed by atoms with Crippen LogP contribution in [0.4, 0.5) is 10.2 Å². The molecule has 2 aliphatic heterocycles. The van der Waals surface area contributed by atoms with E-state index in [0.717, 1.165) is 61.5 Å². The molecule has 30 heavy (non-hydrogen) atoms. The van der Waals surface area contributed by atoms with Crippen LogP contribution in [0.15, 0.2) is 47.0 Å². The minimum atomic E-state index is -0.268. The molecule has 0 unspecified atom stereocenters. The largest absolute Gasteiger partial charge is 0.493 e. The maximum atomic E-state index is 13.7. The van der Waals surface area contributed by atoms with E-state index >= 15 is 0 Å². The fourth-order valence-electron chi connectivity index (χ4n) is 4.66. The molecule has 7 heteroatoms. The van der Waals surface area contributed by atoms with Crippen molar-refractivity contribution >= 4 is 16.8 Å². The maximum Gasteiger partial charge on any atom is 0.180 e. The molecule has 0 amide bonds.